The average Bonchev–Trinajstić information content (AvgIpc) is 3.25. The number of ether oxygens (including phenoxy) is 1. The largest absolute Gasteiger partial charge is 0.494 e. The fourth-order valence-electron chi connectivity index (χ4n) is 2.84. The molecule has 0 spiro atoms. The van der Waals surface area contributed by atoms with Crippen LogP contribution in [-0.2, 0) is 14.8 Å². The van der Waals surface area contributed by atoms with Crippen LogP contribution in [0.25, 0.3) is 0 Å². The first-order chi connectivity index (χ1) is 14.4. The van der Waals surface area contributed by atoms with E-state index in [0.717, 1.165) is 22.8 Å². The number of carbonyl (C=O) groups excluding carboxylic acids is 2. The normalized spacial score (nSPS) is 14.8. The van der Waals surface area contributed by atoms with Gasteiger partial charge in [0.15, 0.2) is 0 Å². The molecule has 30 heavy (non-hydrogen) atoms. The maximum absolute atomic E-state index is 12.9. The number of nitrogens with zero attached hydrogens (tertiary/aromatic N) is 1. The van der Waals surface area contributed by atoms with E-state index in [-0.39, 0.29) is 16.3 Å². The van der Waals surface area contributed by atoms with Crippen molar-refractivity contribution in [3.63, 3.8) is 0 Å². The molecule has 2 N–H and O–H groups in total. The first-order valence-corrected chi connectivity index (χ1v) is 12.9. The number of thiophene rings is 1. The van der Waals surface area contributed by atoms with Crippen molar-refractivity contribution >= 4 is 50.6 Å². The minimum atomic E-state index is -3.73. The van der Waals surface area contributed by atoms with Gasteiger partial charge in [-0.1, -0.05) is 0 Å². The lowest BCUT2D eigenvalue weighted by Crippen LogP contribution is -2.39. The topological polar surface area (TPSA) is 105 Å². The molecule has 2 heterocycles. The van der Waals surface area contributed by atoms with Crippen LogP contribution < -0.4 is 15.4 Å². The van der Waals surface area contributed by atoms with Crippen LogP contribution >= 0.6 is 23.1 Å². The summed E-state index contributed by atoms with van der Waals surface area (Å²) in [6, 6.07) is 8.31. The van der Waals surface area contributed by atoms with Gasteiger partial charge in [-0.3, -0.25) is 9.59 Å². The maximum Gasteiger partial charge on any atom is 0.263 e. The van der Waals surface area contributed by atoms with Crippen molar-refractivity contribution < 1.29 is 22.7 Å². The molecule has 0 saturated carbocycles. The molecule has 1 aromatic carbocycles. The Labute approximate surface area is 184 Å². The van der Waals surface area contributed by atoms with Crippen LogP contribution in [0.5, 0.6) is 5.75 Å². The van der Waals surface area contributed by atoms with E-state index in [1.54, 1.807) is 41.4 Å². The Balaban J connectivity index is 1.59. The summed E-state index contributed by atoms with van der Waals surface area (Å²) < 4.78 is 32.5. The zero-order chi connectivity index (χ0) is 21.6. The standard InChI is InChI=1S/C19H23N3O5S3/c1-2-27-15-5-3-14(4-6-15)21-17(23)13-20-19(24)18-16(7-10-29-18)30(25,26)22-8-11-28-12-9-22/h3-7,10H,2,8-9,11-13H2,1H3,(H,20,24)(H,21,23). The molecule has 11 heteroatoms. The molecule has 162 valence electrons. The molecule has 0 aliphatic carbocycles. The van der Waals surface area contributed by atoms with Crippen molar-refractivity contribution in [2.75, 3.05) is 43.1 Å². The van der Waals surface area contributed by atoms with Crippen LogP contribution in [0.4, 0.5) is 5.69 Å². The fraction of sp³-hybridized carbons (Fsp3) is 0.368. The van der Waals surface area contributed by atoms with E-state index in [4.69, 9.17) is 4.74 Å². The number of benzene rings is 1. The summed E-state index contributed by atoms with van der Waals surface area (Å²) in [5.74, 6) is 1.16. The van der Waals surface area contributed by atoms with Crippen molar-refractivity contribution in [2.45, 2.75) is 11.8 Å². The van der Waals surface area contributed by atoms with Gasteiger partial charge in [-0.2, -0.15) is 16.1 Å². The number of nitrogens with one attached hydrogen (secondary N) is 2. The molecule has 0 unspecified atom stereocenters. The Hall–Kier alpha value is -2.08. The van der Waals surface area contributed by atoms with Crippen molar-refractivity contribution in [1.82, 2.24) is 9.62 Å². The average molecular weight is 470 g/mol. The number of sulfonamides is 1. The van der Waals surface area contributed by atoms with Crippen LogP contribution in [0.1, 0.15) is 16.6 Å². The molecule has 0 radical (unpaired) electrons. The van der Waals surface area contributed by atoms with E-state index >= 15 is 0 Å². The molecule has 0 bridgehead atoms. The Morgan fingerprint density at radius 2 is 1.83 bits per heavy atom. The highest BCUT2D eigenvalue weighted by atomic mass is 32.2. The van der Waals surface area contributed by atoms with Gasteiger partial charge >= 0.3 is 0 Å². The monoisotopic (exact) mass is 469 g/mol. The second-order valence-corrected chi connectivity index (χ2v) is 10.4. The number of amides is 2. The van der Waals surface area contributed by atoms with Gasteiger partial charge in [0.05, 0.1) is 13.2 Å². The SMILES string of the molecule is CCOc1ccc(NC(=O)CNC(=O)c2sccc2S(=O)(=O)N2CCSCC2)cc1. The molecule has 1 fully saturated rings. The maximum atomic E-state index is 12.9. The lowest BCUT2D eigenvalue weighted by molar-refractivity contribution is -0.115. The number of hydrogen-bond donors (Lipinski definition) is 2. The Morgan fingerprint density at radius 1 is 1.13 bits per heavy atom. The van der Waals surface area contributed by atoms with Gasteiger partial charge in [-0.15, -0.1) is 11.3 Å². The van der Waals surface area contributed by atoms with Gasteiger partial charge in [-0.25, -0.2) is 8.42 Å². The van der Waals surface area contributed by atoms with Gasteiger partial charge in [-0.05, 0) is 42.6 Å². The molecule has 8 nitrogen and oxygen atoms in total. The molecule has 2 aromatic rings. The van der Waals surface area contributed by atoms with Crippen molar-refractivity contribution in [3.05, 3.63) is 40.6 Å². The highest BCUT2D eigenvalue weighted by Gasteiger charge is 2.31. The summed E-state index contributed by atoms with van der Waals surface area (Å²) in [6.07, 6.45) is 0. The molecule has 1 saturated heterocycles. The van der Waals surface area contributed by atoms with E-state index in [1.165, 1.54) is 10.4 Å². The minimum absolute atomic E-state index is 0.0104. The highest BCUT2D eigenvalue weighted by molar-refractivity contribution is 7.99. The fourth-order valence-corrected chi connectivity index (χ4v) is 6.73. The predicted octanol–water partition coefficient (Wildman–Crippen LogP) is 2.25. The van der Waals surface area contributed by atoms with E-state index in [9.17, 15) is 18.0 Å². The van der Waals surface area contributed by atoms with E-state index < -0.39 is 21.8 Å². The smallest absolute Gasteiger partial charge is 0.263 e. The van der Waals surface area contributed by atoms with Gasteiger partial charge in [0, 0.05) is 30.3 Å². The first kappa shape index (κ1) is 22.6. The number of carbonyl (C=O) groups is 2. The van der Waals surface area contributed by atoms with Gasteiger partial charge in [0.1, 0.15) is 15.5 Å². The van der Waals surface area contributed by atoms with Crippen molar-refractivity contribution in [3.8, 4) is 5.75 Å². The summed E-state index contributed by atoms with van der Waals surface area (Å²) >= 11 is 2.75. The van der Waals surface area contributed by atoms with Crippen LogP contribution in [0.2, 0.25) is 0 Å². The Bertz CT molecular complexity index is 983. The summed E-state index contributed by atoms with van der Waals surface area (Å²) in [7, 11) is -3.73. The summed E-state index contributed by atoms with van der Waals surface area (Å²) in [6.45, 7) is 3.01. The predicted molar refractivity (Wildman–Crippen MR) is 119 cm³/mol. The summed E-state index contributed by atoms with van der Waals surface area (Å²) in [5.41, 5.74) is 0.570. The molecule has 3 rings (SSSR count). The lowest BCUT2D eigenvalue weighted by atomic mass is 10.3. The molecular formula is C19H23N3O5S3. The van der Waals surface area contributed by atoms with E-state index in [0.29, 0.717) is 31.1 Å². The van der Waals surface area contributed by atoms with E-state index in [1.807, 2.05) is 6.92 Å². The lowest BCUT2D eigenvalue weighted by Gasteiger charge is -2.25. The van der Waals surface area contributed by atoms with Gasteiger partial charge < -0.3 is 15.4 Å². The van der Waals surface area contributed by atoms with E-state index in [2.05, 4.69) is 10.6 Å². The quantitative estimate of drug-likeness (QED) is 0.615. The molecule has 0 atom stereocenters. The molecule has 1 aromatic heterocycles. The number of rotatable bonds is 8. The zero-order valence-electron chi connectivity index (χ0n) is 16.4. The van der Waals surface area contributed by atoms with Crippen LogP contribution in [-0.4, -0.2) is 62.3 Å². The second-order valence-electron chi connectivity index (χ2n) is 6.32. The molecule has 1 aliphatic rings. The minimum Gasteiger partial charge on any atom is -0.494 e. The Morgan fingerprint density at radius 3 is 2.50 bits per heavy atom. The van der Waals surface area contributed by atoms with Crippen molar-refractivity contribution in [1.29, 1.82) is 0 Å². The summed E-state index contributed by atoms with van der Waals surface area (Å²) in [5, 5.41) is 6.74. The molecular weight excluding hydrogens is 446 g/mol. The number of hydrogen-bond acceptors (Lipinski definition) is 7. The number of thioether (sulfide) groups is 1. The van der Waals surface area contributed by atoms with Gasteiger partial charge in [0.25, 0.3) is 5.91 Å². The first-order valence-electron chi connectivity index (χ1n) is 9.38. The molecule has 2 amide bonds. The van der Waals surface area contributed by atoms with Crippen LogP contribution in [0, 0.1) is 0 Å². The third-order valence-corrected chi connectivity index (χ3v) is 8.21. The third kappa shape index (κ3) is 5.54. The molecule has 1 aliphatic heterocycles. The summed E-state index contributed by atoms with van der Waals surface area (Å²) in [4.78, 5) is 24.8. The number of anilines is 1. The third-order valence-electron chi connectivity index (χ3n) is 4.28. The highest BCUT2D eigenvalue weighted by Crippen LogP contribution is 2.27. The van der Waals surface area contributed by atoms with Crippen LogP contribution in [0.15, 0.2) is 40.6 Å². The Kier molecular flexibility index (Phi) is 7.75. The zero-order valence-corrected chi connectivity index (χ0v) is 18.9. The van der Waals surface area contributed by atoms with Crippen LogP contribution in [0.3, 0.4) is 0 Å². The van der Waals surface area contributed by atoms with Crippen molar-refractivity contribution in [2.24, 2.45) is 0 Å². The van der Waals surface area contributed by atoms with Gasteiger partial charge in [0.2, 0.25) is 15.9 Å². The second kappa shape index (κ2) is 10.3.